The summed E-state index contributed by atoms with van der Waals surface area (Å²) < 4.78 is 4.79. The van der Waals surface area contributed by atoms with E-state index in [1.165, 1.54) is 12.0 Å². The van der Waals surface area contributed by atoms with E-state index in [4.69, 9.17) is 10.5 Å². The first kappa shape index (κ1) is 12.9. The van der Waals surface area contributed by atoms with E-state index < -0.39 is 5.91 Å². The third kappa shape index (κ3) is 3.79. The predicted molar refractivity (Wildman–Crippen MR) is 58.7 cm³/mol. The highest BCUT2D eigenvalue weighted by Gasteiger charge is 2.26. The standard InChI is InChI=1S/C10H19N3O3/c1-16-7-10(15)13(6-9(11)14)8-3-2-4-12-5-8/h8,12H,2-7H2,1H3,(H2,11,14). The first-order chi connectivity index (χ1) is 7.65. The van der Waals surface area contributed by atoms with Gasteiger partial charge in [-0.05, 0) is 19.4 Å². The number of rotatable bonds is 5. The second-order valence-electron chi connectivity index (χ2n) is 3.92. The number of ether oxygens (including phenoxy) is 1. The molecule has 1 heterocycles. The molecule has 1 atom stereocenters. The number of carbonyl (C=O) groups excluding carboxylic acids is 2. The fourth-order valence-corrected chi connectivity index (χ4v) is 1.89. The van der Waals surface area contributed by atoms with Crippen LogP contribution in [0.15, 0.2) is 0 Å². The van der Waals surface area contributed by atoms with Gasteiger partial charge in [0.25, 0.3) is 0 Å². The largest absolute Gasteiger partial charge is 0.375 e. The SMILES string of the molecule is COCC(=O)N(CC(N)=O)C1CCCNC1. The monoisotopic (exact) mass is 229 g/mol. The lowest BCUT2D eigenvalue weighted by molar-refractivity contribution is -0.141. The van der Waals surface area contributed by atoms with Crippen LogP contribution in [0.1, 0.15) is 12.8 Å². The van der Waals surface area contributed by atoms with Gasteiger partial charge in [-0.15, -0.1) is 0 Å². The van der Waals surface area contributed by atoms with Gasteiger partial charge >= 0.3 is 0 Å². The van der Waals surface area contributed by atoms with Gasteiger partial charge in [-0.2, -0.15) is 0 Å². The molecule has 1 rings (SSSR count). The fraction of sp³-hybridized carbons (Fsp3) is 0.800. The first-order valence-corrected chi connectivity index (χ1v) is 5.42. The molecular formula is C10H19N3O3. The smallest absolute Gasteiger partial charge is 0.249 e. The number of methoxy groups -OCH3 is 1. The highest BCUT2D eigenvalue weighted by Crippen LogP contribution is 2.10. The van der Waals surface area contributed by atoms with Crippen molar-refractivity contribution in [2.45, 2.75) is 18.9 Å². The summed E-state index contributed by atoms with van der Waals surface area (Å²) in [5.41, 5.74) is 5.14. The van der Waals surface area contributed by atoms with Crippen LogP contribution in [0.2, 0.25) is 0 Å². The van der Waals surface area contributed by atoms with Crippen molar-refractivity contribution in [1.82, 2.24) is 10.2 Å². The quantitative estimate of drug-likeness (QED) is 0.613. The minimum Gasteiger partial charge on any atom is -0.375 e. The van der Waals surface area contributed by atoms with Gasteiger partial charge in [-0.25, -0.2) is 0 Å². The van der Waals surface area contributed by atoms with Crippen molar-refractivity contribution in [2.75, 3.05) is 33.4 Å². The van der Waals surface area contributed by atoms with Crippen LogP contribution in [0.3, 0.4) is 0 Å². The number of nitrogens with two attached hydrogens (primary N) is 1. The molecule has 6 heteroatoms. The van der Waals surface area contributed by atoms with E-state index in [0.717, 1.165) is 19.4 Å². The minimum atomic E-state index is -0.491. The third-order valence-electron chi connectivity index (χ3n) is 2.63. The van der Waals surface area contributed by atoms with E-state index in [-0.39, 0.29) is 25.1 Å². The van der Waals surface area contributed by atoms with Crippen molar-refractivity contribution in [3.63, 3.8) is 0 Å². The Morgan fingerprint density at radius 3 is 2.81 bits per heavy atom. The third-order valence-corrected chi connectivity index (χ3v) is 2.63. The minimum absolute atomic E-state index is 0.0101. The number of nitrogens with one attached hydrogen (secondary N) is 1. The molecule has 2 amide bonds. The Hall–Kier alpha value is -1.14. The number of primary amides is 1. The molecule has 1 fully saturated rings. The van der Waals surface area contributed by atoms with Crippen molar-refractivity contribution in [1.29, 1.82) is 0 Å². The lowest BCUT2D eigenvalue weighted by atomic mass is 10.1. The van der Waals surface area contributed by atoms with Gasteiger partial charge in [0.15, 0.2) is 0 Å². The molecule has 0 radical (unpaired) electrons. The van der Waals surface area contributed by atoms with Gasteiger partial charge in [0.1, 0.15) is 6.61 Å². The maximum atomic E-state index is 11.7. The van der Waals surface area contributed by atoms with Crippen LogP contribution >= 0.6 is 0 Å². The van der Waals surface area contributed by atoms with Crippen molar-refractivity contribution in [2.24, 2.45) is 5.73 Å². The summed E-state index contributed by atoms with van der Waals surface area (Å²) in [5.74, 6) is -0.676. The average molecular weight is 229 g/mol. The highest BCUT2D eigenvalue weighted by molar-refractivity contribution is 5.84. The zero-order chi connectivity index (χ0) is 12.0. The number of piperidine rings is 1. The van der Waals surface area contributed by atoms with Gasteiger partial charge in [0.05, 0.1) is 6.54 Å². The van der Waals surface area contributed by atoms with Crippen molar-refractivity contribution in [3.8, 4) is 0 Å². The Labute approximate surface area is 95.1 Å². The summed E-state index contributed by atoms with van der Waals surface area (Å²) in [6.45, 7) is 1.63. The van der Waals surface area contributed by atoms with E-state index in [0.29, 0.717) is 6.54 Å². The van der Waals surface area contributed by atoms with Crippen LogP contribution < -0.4 is 11.1 Å². The Morgan fingerprint density at radius 1 is 1.56 bits per heavy atom. The van der Waals surface area contributed by atoms with Crippen LogP contribution in [0.5, 0.6) is 0 Å². The molecule has 1 aliphatic heterocycles. The van der Waals surface area contributed by atoms with Crippen LogP contribution in [-0.4, -0.2) is 56.1 Å². The zero-order valence-electron chi connectivity index (χ0n) is 9.57. The predicted octanol–water partition coefficient (Wildman–Crippen LogP) is -1.30. The molecule has 92 valence electrons. The van der Waals surface area contributed by atoms with Crippen molar-refractivity contribution < 1.29 is 14.3 Å². The van der Waals surface area contributed by atoms with Crippen molar-refractivity contribution >= 4 is 11.8 Å². The van der Waals surface area contributed by atoms with Gasteiger partial charge < -0.3 is 20.7 Å². The van der Waals surface area contributed by atoms with E-state index in [1.54, 1.807) is 0 Å². The second kappa shape index (κ2) is 6.44. The van der Waals surface area contributed by atoms with E-state index in [9.17, 15) is 9.59 Å². The van der Waals surface area contributed by atoms with Gasteiger partial charge in [0, 0.05) is 19.7 Å². The molecule has 0 bridgehead atoms. The van der Waals surface area contributed by atoms with Crippen molar-refractivity contribution in [3.05, 3.63) is 0 Å². The normalized spacial score (nSPS) is 20.4. The van der Waals surface area contributed by atoms with Gasteiger partial charge in [-0.3, -0.25) is 9.59 Å². The number of nitrogens with zero attached hydrogens (tertiary/aromatic N) is 1. The van der Waals surface area contributed by atoms with Crippen LogP contribution in [0, 0.1) is 0 Å². The Morgan fingerprint density at radius 2 is 2.31 bits per heavy atom. The average Bonchev–Trinajstić information content (AvgIpc) is 2.27. The summed E-state index contributed by atoms with van der Waals surface area (Å²) in [5, 5.41) is 3.20. The van der Waals surface area contributed by atoms with E-state index in [1.807, 2.05) is 0 Å². The van der Waals surface area contributed by atoms with E-state index >= 15 is 0 Å². The highest BCUT2D eigenvalue weighted by atomic mass is 16.5. The Balaban J connectivity index is 2.60. The molecule has 1 saturated heterocycles. The lowest BCUT2D eigenvalue weighted by Crippen LogP contribution is -2.52. The molecule has 16 heavy (non-hydrogen) atoms. The second-order valence-corrected chi connectivity index (χ2v) is 3.92. The summed E-state index contributed by atoms with van der Waals surface area (Å²) in [4.78, 5) is 24.2. The lowest BCUT2D eigenvalue weighted by Gasteiger charge is -2.33. The first-order valence-electron chi connectivity index (χ1n) is 5.42. The molecule has 3 N–H and O–H groups in total. The van der Waals surface area contributed by atoms with Gasteiger partial charge in [-0.1, -0.05) is 0 Å². The fourth-order valence-electron chi connectivity index (χ4n) is 1.89. The van der Waals surface area contributed by atoms with E-state index in [2.05, 4.69) is 5.32 Å². The Kier molecular flexibility index (Phi) is 5.21. The number of carbonyl (C=O) groups is 2. The molecule has 1 aliphatic rings. The zero-order valence-corrected chi connectivity index (χ0v) is 9.57. The number of amides is 2. The van der Waals surface area contributed by atoms with Crippen LogP contribution in [0.25, 0.3) is 0 Å². The maximum absolute atomic E-state index is 11.7. The summed E-state index contributed by atoms with van der Waals surface area (Å²) >= 11 is 0. The summed E-state index contributed by atoms with van der Waals surface area (Å²) in [6, 6.07) is 0.0453. The Bertz CT molecular complexity index is 252. The molecule has 6 nitrogen and oxygen atoms in total. The number of hydrogen-bond donors (Lipinski definition) is 2. The molecule has 0 saturated carbocycles. The molecule has 0 aliphatic carbocycles. The molecule has 0 aromatic rings. The number of hydrogen-bond acceptors (Lipinski definition) is 4. The molecular weight excluding hydrogens is 210 g/mol. The van der Waals surface area contributed by atoms with Gasteiger partial charge in [0.2, 0.25) is 11.8 Å². The molecule has 0 spiro atoms. The maximum Gasteiger partial charge on any atom is 0.249 e. The molecule has 0 aromatic carbocycles. The topological polar surface area (TPSA) is 84.7 Å². The molecule has 0 aromatic heterocycles. The summed E-state index contributed by atoms with van der Waals surface area (Å²) in [7, 11) is 1.46. The summed E-state index contributed by atoms with van der Waals surface area (Å²) in [6.07, 6.45) is 1.90. The van der Waals surface area contributed by atoms with Crippen LogP contribution in [0.4, 0.5) is 0 Å². The van der Waals surface area contributed by atoms with Crippen LogP contribution in [-0.2, 0) is 14.3 Å². The molecule has 1 unspecified atom stereocenters.